The first kappa shape index (κ1) is 34.8. The number of aliphatic hydroxyl groups is 8. The van der Waals surface area contributed by atoms with E-state index >= 15 is 0 Å². The van der Waals surface area contributed by atoms with Crippen LogP contribution >= 0.6 is 0 Å². The third-order valence-electron chi connectivity index (χ3n) is 8.90. The Bertz CT molecular complexity index is 1440. The second-order valence-corrected chi connectivity index (χ2v) is 12.3. The van der Waals surface area contributed by atoms with Gasteiger partial charge in [-0.15, -0.1) is 0 Å². The largest absolute Gasteiger partial charge is 0.507 e. The molecule has 17 heteroatoms. The van der Waals surface area contributed by atoms with Crippen LogP contribution in [0, 0.1) is 0 Å². The van der Waals surface area contributed by atoms with E-state index in [2.05, 4.69) is 0 Å². The van der Waals surface area contributed by atoms with Crippen LogP contribution in [0.25, 0.3) is 0 Å². The molecule has 2 aromatic carbocycles. The molecule has 12 atom stereocenters. The molecule has 48 heavy (non-hydrogen) atoms. The zero-order chi connectivity index (χ0) is 34.4. The maximum atomic E-state index is 12.9. The van der Waals surface area contributed by atoms with Gasteiger partial charge in [-0.25, -0.2) is 0 Å². The number of aromatic hydroxyl groups is 1. The summed E-state index contributed by atoms with van der Waals surface area (Å²) in [6.07, 6.45) is -15.4. The Morgan fingerprint density at radius 2 is 1.56 bits per heavy atom. The minimum atomic E-state index is -2.15. The van der Waals surface area contributed by atoms with Crippen LogP contribution < -0.4 is 9.47 Å². The van der Waals surface area contributed by atoms with Crippen LogP contribution in [0.4, 0.5) is 0 Å². The van der Waals surface area contributed by atoms with Crippen molar-refractivity contribution in [2.45, 2.75) is 79.2 Å². The smallest absolute Gasteiger partial charge is 0.229 e. The van der Waals surface area contributed by atoms with E-state index in [0.29, 0.717) is 0 Å². The van der Waals surface area contributed by atoms with E-state index in [-0.39, 0.29) is 29.3 Å². The standard InChI is InChI=1S/C31H38O17/c32-9-20-22(36)23(37)24(48-29-26(39)31(41,13-44-29)12-43-28-25(38)30(40,10-33)11-42-28)27(47-20)45-15-6-16(34)21-17(35)8-18(46-19(21)7-15)14-4-2-1-3-5-14/h1-7,18,20,22-29,32-34,36-41H,8-13H2/t18-,20+,22-,23-,24-,25+,26+,27-,28+,29+,30+,31+/m0/s1. The van der Waals surface area contributed by atoms with Crippen LogP contribution in [0.2, 0.25) is 0 Å². The Hall–Kier alpha value is -3.01. The van der Waals surface area contributed by atoms with Gasteiger partial charge in [-0.05, 0) is 5.56 Å². The molecule has 4 aliphatic rings. The lowest BCUT2D eigenvalue weighted by molar-refractivity contribution is -0.319. The summed E-state index contributed by atoms with van der Waals surface area (Å²) in [6, 6.07) is 11.4. The summed E-state index contributed by atoms with van der Waals surface area (Å²) >= 11 is 0. The van der Waals surface area contributed by atoms with Crippen LogP contribution in [0.1, 0.15) is 28.4 Å². The highest BCUT2D eigenvalue weighted by Crippen LogP contribution is 2.43. The van der Waals surface area contributed by atoms with E-state index in [4.69, 9.17) is 33.2 Å². The number of hydrogen-bond donors (Lipinski definition) is 9. The molecule has 0 bridgehead atoms. The number of phenols is 1. The van der Waals surface area contributed by atoms with Crippen molar-refractivity contribution in [3.8, 4) is 17.2 Å². The van der Waals surface area contributed by atoms with E-state index in [0.717, 1.165) is 11.6 Å². The van der Waals surface area contributed by atoms with Gasteiger partial charge in [-0.3, -0.25) is 4.79 Å². The number of rotatable bonds is 10. The van der Waals surface area contributed by atoms with Gasteiger partial charge in [0.2, 0.25) is 6.29 Å². The normalized spacial score (nSPS) is 39.6. The van der Waals surface area contributed by atoms with Gasteiger partial charge in [-0.1, -0.05) is 30.3 Å². The molecule has 0 spiro atoms. The van der Waals surface area contributed by atoms with E-state index in [1.807, 2.05) is 6.07 Å². The second-order valence-electron chi connectivity index (χ2n) is 12.3. The first-order chi connectivity index (χ1) is 22.9. The number of Topliss-reactive ketones (excluding diaryl/α,β-unsaturated/α-hetero) is 1. The van der Waals surface area contributed by atoms with Gasteiger partial charge in [0.05, 0.1) is 39.5 Å². The van der Waals surface area contributed by atoms with Gasteiger partial charge in [-0.2, -0.15) is 0 Å². The molecule has 3 saturated heterocycles. The number of benzene rings is 2. The molecule has 2 aromatic rings. The van der Waals surface area contributed by atoms with Crippen molar-refractivity contribution in [1.82, 2.24) is 0 Å². The molecule has 6 rings (SSSR count). The molecular formula is C31H38O17. The number of carbonyl (C=O) groups excluding carboxylic acids is 1. The fourth-order valence-corrected chi connectivity index (χ4v) is 5.98. The van der Waals surface area contributed by atoms with Crippen LogP contribution in [-0.2, 0) is 23.7 Å². The molecule has 0 aliphatic carbocycles. The lowest BCUT2D eigenvalue weighted by Gasteiger charge is -2.42. The molecule has 0 aromatic heterocycles. The predicted molar refractivity (Wildman–Crippen MR) is 155 cm³/mol. The van der Waals surface area contributed by atoms with Crippen LogP contribution in [0.15, 0.2) is 42.5 Å². The first-order valence-corrected chi connectivity index (χ1v) is 15.2. The molecule has 264 valence electrons. The summed E-state index contributed by atoms with van der Waals surface area (Å²) in [5, 5.41) is 93.7. The maximum absolute atomic E-state index is 12.9. The molecular weight excluding hydrogens is 644 g/mol. The monoisotopic (exact) mass is 682 g/mol. The van der Waals surface area contributed by atoms with Crippen molar-refractivity contribution in [1.29, 1.82) is 0 Å². The number of phenolic OH excluding ortho intramolecular Hbond substituents is 1. The summed E-state index contributed by atoms with van der Waals surface area (Å²) in [6.45, 7) is -3.27. The molecule has 0 radical (unpaired) electrons. The Labute approximate surface area is 273 Å². The van der Waals surface area contributed by atoms with E-state index < -0.39 is 112 Å². The van der Waals surface area contributed by atoms with Gasteiger partial charge in [0.25, 0.3) is 0 Å². The molecule has 4 aliphatic heterocycles. The SMILES string of the molecule is O=C1C[C@@H](c2ccccc2)Oc2cc(O[C@H]3O[C@H](CO)[C@H](O)[C@H](O)[C@@H]3O[C@H]3OC[C@](O)(CO[C@H]4OC[C@](O)(CO)[C@@H]4O)[C@@H]3O)cc(O)c21. The highest BCUT2D eigenvalue weighted by Gasteiger charge is 2.55. The Morgan fingerprint density at radius 1 is 0.875 bits per heavy atom. The van der Waals surface area contributed by atoms with Crippen molar-refractivity contribution >= 4 is 5.78 Å². The lowest BCUT2D eigenvalue weighted by Crippen LogP contribution is -2.62. The zero-order valence-electron chi connectivity index (χ0n) is 25.3. The number of hydrogen-bond acceptors (Lipinski definition) is 17. The highest BCUT2D eigenvalue weighted by molar-refractivity contribution is 6.02. The third-order valence-corrected chi connectivity index (χ3v) is 8.90. The van der Waals surface area contributed by atoms with Crippen molar-refractivity contribution in [2.24, 2.45) is 0 Å². The maximum Gasteiger partial charge on any atom is 0.229 e. The molecule has 4 heterocycles. The minimum Gasteiger partial charge on any atom is -0.507 e. The minimum absolute atomic E-state index is 0.0103. The van der Waals surface area contributed by atoms with E-state index in [1.54, 1.807) is 24.3 Å². The summed E-state index contributed by atoms with van der Waals surface area (Å²) in [4.78, 5) is 12.9. The molecule has 17 nitrogen and oxygen atoms in total. The summed E-state index contributed by atoms with van der Waals surface area (Å²) in [5.41, 5.74) is -3.46. The molecule has 0 saturated carbocycles. The average Bonchev–Trinajstić information content (AvgIpc) is 3.53. The zero-order valence-corrected chi connectivity index (χ0v) is 25.3. The Morgan fingerprint density at radius 3 is 2.25 bits per heavy atom. The predicted octanol–water partition coefficient (Wildman–Crippen LogP) is -2.79. The molecule has 0 amide bonds. The Balaban J connectivity index is 1.18. The van der Waals surface area contributed by atoms with Crippen molar-refractivity contribution in [3.63, 3.8) is 0 Å². The van der Waals surface area contributed by atoms with Gasteiger partial charge < -0.3 is 79.1 Å². The van der Waals surface area contributed by atoms with Gasteiger partial charge >= 0.3 is 0 Å². The summed E-state index contributed by atoms with van der Waals surface area (Å²) in [5.74, 6) is -0.927. The van der Waals surface area contributed by atoms with E-state index in [1.165, 1.54) is 6.07 Å². The van der Waals surface area contributed by atoms with Crippen molar-refractivity contribution < 1.29 is 83.9 Å². The number of ketones is 1. The fourth-order valence-electron chi connectivity index (χ4n) is 5.98. The number of aliphatic hydroxyl groups excluding tert-OH is 6. The summed E-state index contributed by atoms with van der Waals surface area (Å²) < 4.78 is 39.3. The van der Waals surface area contributed by atoms with Gasteiger partial charge in [0.1, 0.15) is 70.6 Å². The van der Waals surface area contributed by atoms with Crippen LogP contribution in [-0.4, -0.2) is 151 Å². The topological polar surface area (TPSA) is 264 Å². The number of carbonyl (C=O) groups is 1. The van der Waals surface area contributed by atoms with Gasteiger partial charge in [0.15, 0.2) is 24.5 Å². The first-order valence-electron chi connectivity index (χ1n) is 15.2. The molecule has 9 N–H and O–H groups in total. The molecule has 0 unspecified atom stereocenters. The number of fused-ring (bicyclic) bond motifs is 1. The van der Waals surface area contributed by atoms with Gasteiger partial charge in [0, 0.05) is 12.1 Å². The second kappa shape index (κ2) is 13.7. The number of ether oxygens (including phenoxy) is 7. The molecule has 3 fully saturated rings. The van der Waals surface area contributed by atoms with E-state index in [9.17, 15) is 50.8 Å². The average molecular weight is 683 g/mol. The summed E-state index contributed by atoms with van der Waals surface area (Å²) in [7, 11) is 0. The van der Waals surface area contributed by atoms with Crippen LogP contribution in [0.5, 0.6) is 17.2 Å². The van der Waals surface area contributed by atoms with Crippen molar-refractivity contribution in [3.05, 3.63) is 53.6 Å². The van der Waals surface area contributed by atoms with Crippen LogP contribution in [0.3, 0.4) is 0 Å². The Kier molecular flexibility index (Phi) is 9.95. The lowest BCUT2D eigenvalue weighted by atomic mass is 9.95. The highest BCUT2D eigenvalue weighted by atomic mass is 16.8. The fraction of sp³-hybridized carbons (Fsp3) is 0.581. The quantitative estimate of drug-likeness (QED) is 0.123. The third kappa shape index (κ3) is 6.50. The van der Waals surface area contributed by atoms with Crippen molar-refractivity contribution in [2.75, 3.05) is 33.0 Å².